The summed E-state index contributed by atoms with van der Waals surface area (Å²) < 4.78 is 17.1. The second kappa shape index (κ2) is 8.63. The van der Waals surface area contributed by atoms with Crippen LogP contribution < -0.4 is 4.74 Å². The van der Waals surface area contributed by atoms with Crippen LogP contribution in [0.3, 0.4) is 0 Å². The van der Waals surface area contributed by atoms with Crippen LogP contribution in [-0.4, -0.2) is 47.8 Å². The van der Waals surface area contributed by atoms with E-state index in [1.54, 1.807) is 21.9 Å². The van der Waals surface area contributed by atoms with Crippen LogP contribution in [0.15, 0.2) is 81.8 Å². The highest BCUT2D eigenvalue weighted by Gasteiger charge is 2.30. The third kappa shape index (κ3) is 3.85. The molecule has 1 saturated heterocycles. The molecule has 0 bridgehead atoms. The Morgan fingerprint density at radius 2 is 1.50 bits per heavy atom. The van der Waals surface area contributed by atoms with Gasteiger partial charge in [-0.2, -0.15) is 0 Å². The molecule has 1 fully saturated rings. The van der Waals surface area contributed by atoms with Crippen molar-refractivity contribution >= 4 is 22.8 Å². The Hall–Kier alpha value is -4.00. The van der Waals surface area contributed by atoms with Gasteiger partial charge in [0.05, 0.1) is 6.26 Å². The predicted octanol–water partition coefficient (Wildman–Crippen LogP) is 4.20. The number of amides is 2. The average Bonchev–Trinajstić information content (AvgIpc) is 3.51. The molecule has 3 heterocycles. The van der Waals surface area contributed by atoms with Gasteiger partial charge in [0, 0.05) is 37.1 Å². The smallest absolute Gasteiger partial charge is 0.290 e. The number of rotatable bonds is 5. The molecule has 0 spiro atoms. The summed E-state index contributed by atoms with van der Waals surface area (Å²) in [6, 6.07) is 20.4. The van der Waals surface area contributed by atoms with Gasteiger partial charge in [-0.15, -0.1) is 0 Å². The van der Waals surface area contributed by atoms with Crippen LogP contribution in [0.25, 0.3) is 11.0 Å². The van der Waals surface area contributed by atoms with Gasteiger partial charge in [0.25, 0.3) is 11.8 Å². The first-order chi connectivity index (χ1) is 15.7. The number of benzene rings is 2. The van der Waals surface area contributed by atoms with E-state index >= 15 is 0 Å². The van der Waals surface area contributed by atoms with Gasteiger partial charge in [0.15, 0.2) is 11.5 Å². The van der Waals surface area contributed by atoms with E-state index in [0.29, 0.717) is 37.5 Å². The number of furan rings is 2. The molecule has 5 rings (SSSR count). The third-order valence-corrected chi connectivity index (χ3v) is 5.60. The highest BCUT2D eigenvalue weighted by Crippen LogP contribution is 2.28. The van der Waals surface area contributed by atoms with Crippen LogP contribution >= 0.6 is 0 Å². The summed E-state index contributed by atoms with van der Waals surface area (Å²) in [5, 5.41) is 0.860. The summed E-state index contributed by atoms with van der Waals surface area (Å²) in [4.78, 5) is 29.3. The van der Waals surface area contributed by atoms with Crippen LogP contribution in [0, 0.1) is 0 Å². The van der Waals surface area contributed by atoms with Crippen molar-refractivity contribution in [3.8, 4) is 5.75 Å². The van der Waals surface area contributed by atoms with E-state index < -0.39 is 0 Å². The monoisotopic (exact) mass is 430 g/mol. The topological polar surface area (TPSA) is 76.1 Å². The average molecular weight is 430 g/mol. The summed E-state index contributed by atoms with van der Waals surface area (Å²) in [6.45, 7) is 1.92. The Kier molecular flexibility index (Phi) is 5.37. The summed E-state index contributed by atoms with van der Waals surface area (Å²) in [6.07, 6.45) is 1.48. The van der Waals surface area contributed by atoms with Gasteiger partial charge in [-0.05, 0) is 30.3 Å². The fraction of sp³-hybridized carbons (Fsp3) is 0.200. The van der Waals surface area contributed by atoms with Gasteiger partial charge in [-0.1, -0.05) is 36.4 Å². The second-order valence-electron chi connectivity index (χ2n) is 7.57. The first kappa shape index (κ1) is 19.9. The van der Waals surface area contributed by atoms with Crippen molar-refractivity contribution in [1.82, 2.24) is 9.80 Å². The van der Waals surface area contributed by atoms with Gasteiger partial charge in [0.2, 0.25) is 0 Å². The Labute approximate surface area is 184 Å². The van der Waals surface area contributed by atoms with Gasteiger partial charge in [-0.25, -0.2) is 0 Å². The number of piperazine rings is 1. The van der Waals surface area contributed by atoms with Crippen molar-refractivity contribution in [3.63, 3.8) is 0 Å². The molecule has 0 aliphatic carbocycles. The van der Waals surface area contributed by atoms with Crippen molar-refractivity contribution in [2.45, 2.75) is 6.61 Å². The molecule has 2 aromatic carbocycles. The highest BCUT2D eigenvalue weighted by molar-refractivity contribution is 5.99. The molecule has 162 valence electrons. The summed E-state index contributed by atoms with van der Waals surface area (Å²) in [5.41, 5.74) is 1.37. The van der Waals surface area contributed by atoms with Crippen molar-refractivity contribution < 1.29 is 23.2 Å². The first-order valence-corrected chi connectivity index (χ1v) is 10.5. The van der Waals surface area contributed by atoms with Crippen molar-refractivity contribution in [2.24, 2.45) is 0 Å². The molecule has 0 radical (unpaired) electrons. The molecule has 32 heavy (non-hydrogen) atoms. The number of ether oxygens (including phenoxy) is 1. The molecule has 7 heteroatoms. The lowest BCUT2D eigenvalue weighted by molar-refractivity contribution is 0.0501. The minimum atomic E-state index is -0.196. The zero-order valence-electron chi connectivity index (χ0n) is 17.4. The number of carbonyl (C=O) groups excluding carboxylic acids is 2. The molecule has 4 aromatic rings. The fourth-order valence-corrected chi connectivity index (χ4v) is 3.90. The van der Waals surface area contributed by atoms with E-state index in [1.165, 1.54) is 6.26 Å². The van der Waals surface area contributed by atoms with Crippen LogP contribution in [0.2, 0.25) is 0 Å². The van der Waals surface area contributed by atoms with Crippen LogP contribution in [0.4, 0.5) is 0 Å². The largest absolute Gasteiger partial charge is 0.489 e. The maximum atomic E-state index is 13.4. The number of hydrogen-bond donors (Lipinski definition) is 0. The number of nitrogens with zero attached hydrogens (tertiary/aromatic N) is 2. The van der Waals surface area contributed by atoms with Gasteiger partial charge in [-0.3, -0.25) is 9.59 Å². The standard InChI is InChI=1S/C25H22N2O5/c28-24(22-11-6-16-30-22)26-12-14-27(15-13-26)25(29)23-20(17-31-18-7-2-1-3-8-18)19-9-4-5-10-21(19)32-23/h1-11,16H,12-15,17H2. The van der Waals surface area contributed by atoms with E-state index in [9.17, 15) is 9.59 Å². The van der Waals surface area contributed by atoms with Crippen molar-refractivity contribution in [2.75, 3.05) is 26.2 Å². The maximum absolute atomic E-state index is 13.4. The third-order valence-electron chi connectivity index (χ3n) is 5.60. The number of para-hydroxylation sites is 2. The van der Waals surface area contributed by atoms with Crippen LogP contribution in [-0.2, 0) is 6.61 Å². The van der Waals surface area contributed by atoms with Crippen LogP contribution in [0.5, 0.6) is 5.75 Å². The molecular formula is C25H22N2O5. The van der Waals surface area contributed by atoms with E-state index in [0.717, 1.165) is 16.7 Å². The molecule has 1 aliphatic rings. The Bertz CT molecular complexity index is 1220. The molecule has 0 unspecified atom stereocenters. The van der Waals surface area contributed by atoms with Gasteiger partial charge in [0.1, 0.15) is 17.9 Å². The minimum absolute atomic E-state index is 0.164. The number of hydrogen-bond acceptors (Lipinski definition) is 5. The molecular weight excluding hydrogens is 408 g/mol. The molecule has 7 nitrogen and oxygen atoms in total. The van der Waals surface area contributed by atoms with Crippen LogP contribution in [0.1, 0.15) is 26.7 Å². The molecule has 2 amide bonds. The van der Waals surface area contributed by atoms with Gasteiger partial charge < -0.3 is 23.4 Å². The first-order valence-electron chi connectivity index (χ1n) is 10.5. The lowest BCUT2D eigenvalue weighted by atomic mass is 10.1. The molecule has 0 N–H and O–H groups in total. The zero-order chi connectivity index (χ0) is 21.9. The van der Waals surface area contributed by atoms with E-state index in [1.807, 2.05) is 54.6 Å². The van der Waals surface area contributed by atoms with E-state index in [4.69, 9.17) is 13.6 Å². The maximum Gasteiger partial charge on any atom is 0.290 e. The summed E-state index contributed by atoms with van der Waals surface area (Å²) >= 11 is 0. The van der Waals surface area contributed by atoms with Crippen molar-refractivity contribution in [1.29, 1.82) is 0 Å². The SMILES string of the molecule is O=C(c1ccco1)N1CCN(C(=O)c2oc3ccccc3c2COc2ccccc2)CC1. The lowest BCUT2D eigenvalue weighted by Crippen LogP contribution is -2.50. The quantitative estimate of drug-likeness (QED) is 0.474. The van der Waals surface area contributed by atoms with E-state index in [-0.39, 0.29) is 24.2 Å². The number of carbonyl (C=O) groups is 2. The van der Waals surface area contributed by atoms with Gasteiger partial charge >= 0.3 is 0 Å². The molecule has 2 aromatic heterocycles. The Balaban J connectivity index is 1.34. The number of fused-ring (bicyclic) bond motifs is 1. The predicted molar refractivity (Wildman–Crippen MR) is 118 cm³/mol. The molecule has 0 atom stereocenters. The summed E-state index contributed by atoms with van der Waals surface area (Å²) in [7, 11) is 0. The van der Waals surface area contributed by atoms with Crippen molar-refractivity contribution in [3.05, 3.63) is 90.1 Å². The highest BCUT2D eigenvalue weighted by atomic mass is 16.5. The Morgan fingerprint density at radius 1 is 0.812 bits per heavy atom. The molecule has 0 saturated carbocycles. The minimum Gasteiger partial charge on any atom is -0.489 e. The lowest BCUT2D eigenvalue weighted by Gasteiger charge is -2.34. The normalized spacial score (nSPS) is 14.0. The molecule has 1 aliphatic heterocycles. The fourth-order valence-electron chi connectivity index (χ4n) is 3.90. The van der Waals surface area contributed by atoms with E-state index in [2.05, 4.69) is 0 Å². The Morgan fingerprint density at radius 3 is 2.22 bits per heavy atom. The zero-order valence-corrected chi connectivity index (χ0v) is 17.4. The second-order valence-corrected chi connectivity index (χ2v) is 7.57. The summed E-state index contributed by atoms with van der Waals surface area (Å²) in [5.74, 6) is 0.956.